The highest BCUT2D eigenvalue weighted by atomic mass is 16.5. The Kier molecular flexibility index (Phi) is 6.40. The van der Waals surface area contributed by atoms with E-state index in [0.29, 0.717) is 30.5 Å². The zero-order valence-electron chi connectivity index (χ0n) is 17.6. The van der Waals surface area contributed by atoms with Crippen molar-refractivity contribution >= 4 is 22.5 Å². The van der Waals surface area contributed by atoms with Crippen molar-refractivity contribution in [3.63, 3.8) is 0 Å². The molecule has 8 nitrogen and oxygen atoms in total. The standard InChI is InChI=1S/C23H25N5O3/c1-30-11-10-28-14-17(19-8-3-4-9-20(19)28)13-22(29)24-18-7-5-6-16(12-18)23-25-21(15-31-2)26-27-23/h3-9,12,14H,10-11,13,15H2,1-2H3,(H,24,29)(H,25,26,27). The predicted octanol–water partition coefficient (Wildman–Crippen LogP) is 3.40. The quantitative estimate of drug-likeness (QED) is 0.434. The third-order valence-corrected chi connectivity index (χ3v) is 4.98. The molecule has 1 amide bonds. The number of methoxy groups -OCH3 is 2. The molecule has 31 heavy (non-hydrogen) atoms. The number of carbonyl (C=O) groups excluding carboxylic acids is 1. The molecule has 4 rings (SSSR count). The lowest BCUT2D eigenvalue weighted by Gasteiger charge is -2.06. The summed E-state index contributed by atoms with van der Waals surface area (Å²) in [6.45, 7) is 1.72. The van der Waals surface area contributed by atoms with Gasteiger partial charge in [0.15, 0.2) is 11.6 Å². The van der Waals surface area contributed by atoms with Gasteiger partial charge in [-0.05, 0) is 23.8 Å². The highest BCUT2D eigenvalue weighted by molar-refractivity contribution is 5.96. The summed E-state index contributed by atoms with van der Waals surface area (Å²) in [5.74, 6) is 1.13. The van der Waals surface area contributed by atoms with Crippen LogP contribution in [0, 0.1) is 0 Å². The largest absolute Gasteiger partial charge is 0.383 e. The molecule has 0 spiro atoms. The average Bonchev–Trinajstić information content (AvgIpc) is 3.38. The van der Waals surface area contributed by atoms with E-state index in [1.54, 1.807) is 14.2 Å². The number of hydrogen-bond donors (Lipinski definition) is 2. The molecule has 0 unspecified atom stereocenters. The average molecular weight is 419 g/mol. The van der Waals surface area contributed by atoms with Crippen molar-refractivity contribution in [3.05, 3.63) is 66.1 Å². The van der Waals surface area contributed by atoms with Gasteiger partial charge in [-0.3, -0.25) is 9.89 Å². The molecule has 0 saturated carbocycles. The number of ether oxygens (including phenoxy) is 2. The van der Waals surface area contributed by atoms with E-state index >= 15 is 0 Å². The van der Waals surface area contributed by atoms with Gasteiger partial charge in [0, 0.05) is 49.1 Å². The number of hydrogen-bond acceptors (Lipinski definition) is 5. The summed E-state index contributed by atoms with van der Waals surface area (Å²) in [7, 11) is 3.29. The van der Waals surface area contributed by atoms with Gasteiger partial charge >= 0.3 is 0 Å². The number of aromatic nitrogens is 4. The van der Waals surface area contributed by atoms with E-state index in [1.165, 1.54) is 0 Å². The van der Waals surface area contributed by atoms with Crippen molar-refractivity contribution in [1.29, 1.82) is 0 Å². The Balaban J connectivity index is 1.49. The number of benzene rings is 2. The first-order chi connectivity index (χ1) is 15.2. The molecular weight excluding hydrogens is 394 g/mol. The molecule has 4 aromatic rings. The molecule has 0 fully saturated rings. The Labute approximate surface area is 180 Å². The fourth-order valence-corrected chi connectivity index (χ4v) is 3.58. The van der Waals surface area contributed by atoms with Crippen LogP contribution in [0.15, 0.2) is 54.7 Å². The van der Waals surface area contributed by atoms with Gasteiger partial charge in [-0.15, -0.1) is 0 Å². The Morgan fingerprint density at radius 1 is 1.13 bits per heavy atom. The lowest BCUT2D eigenvalue weighted by molar-refractivity contribution is -0.115. The Bertz CT molecular complexity index is 1180. The van der Waals surface area contributed by atoms with Crippen molar-refractivity contribution in [2.24, 2.45) is 0 Å². The van der Waals surface area contributed by atoms with Crippen LogP contribution in [0.5, 0.6) is 0 Å². The Morgan fingerprint density at radius 3 is 2.84 bits per heavy atom. The number of amides is 1. The van der Waals surface area contributed by atoms with E-state index in [4.69, 9.17) is 9.47 Å². The van der Waals surface area contributed by atoms with Crippen LogP contribution in [0.25, 0.3) is 22.3 Å². The predicted molar refractivity (Wildman–Crippen MR) is 119 cm³/mol. The van der Waals surface area contributed by atoms with E-state index in [-0.39, 0.29) is 12.3 Å². The van der Waals surface area contributed by atoms with Crippen LogP contribution >= 0.6 is 0 Å². The smallest absolute Gasteiger partial charge is 0.228 e. The summed E-state index contributed by atoms with van der Waals surface area (Å²) in [5.41, 5.74) is 3.59. The zero-order chi connectivity index (χ0) is 21.6. The molecule has 2 aromatic heterocycles. The molecule has 0 aliphatic rings. The number of fused-ring (bicyclic) bond motifs is 1. The number of nitrogens with zero attached hydrogens (tertiary/aromatic N) is 3. The van der Waals surface area contributed by atoms with Crippen LogP contribution in [0.3, 0.4) is 0 Å². The number of H-pyrrole nitrogens is 1. The first-order valence-corrected chi connectivity index (χ1v) is 10.0. The maximum Gasteiger partial charge on any atom is 0.228 e. The molecule has 0 aliphatic carbocycles. The molecule has 0 saturated heterocycles. The molecule has 2 heterocycles. The van der Waals surface area contributed by atoms with Gasteiger partial charge in [-0.25, -0.2) is 4.98 Å². The lowest BCUT2D eigenvalue weighted by atomic mass is 10.1. The first kappa shape index (κ1) is 20.8. The fourth-order valence-electron chi connectivity index (χ4n) is 3.58. The van der Waals surface area contributed by atoms with Crippen molar-refractivity contribution in [3.8, 4) is 11.4 Å². The summed E-state index contributed by atoms with van der Waals surface area (Å²) < 4.78 is 12.4. The van der Waals surface area contributed by atoms with Gasteiger partial charge in [0.2, 0.25) is 5.91 Å². The third-order valence-electron chi connectivity index (χ3n) is 4.98. The minimum atomic E-state index is -0.0816. The number of rotatable bonds is 9. The first-order valence-electron chi connectivity index (χ1n) is 10.0. The van der Waals surface area contributed by atoms with Gasteiger partial charge in [0.25, 0.3) is 0 Å². The summed E-state index contributed by atoms with van der Waals surface area (Å²) in [6, 6.07) is 15.6. The minimum absolute atomic E-state index is 0.0816. The number of nitrogens with one attached hydrogen (secondary N) is 2. The fraction of sp³-hybridized carbons (Fsp3) is 0.261. The topological polar surface area (TPSA) is 94.1 Å². The maximum absolute atomic E-state index is 12.8. The van der Waals surface area contributed by atoms with E-state index in [9.17, 15) is 4.79 Å². The highest BCUT2D eigenvalue weighted by Gasteiger charge is 2.13. The normalized spacial score (nSPS) is 11.2. The van der Waals surface area contributed by atoms with Crippen LogP contribution < -0.4 is 5.32 Å². The second kappa shape index (κ2) is 9.55. The summed E-state index contributed by atoms with van der Waals surface area (Å²) in [4.78, 5) is 17.2. The molecule has 0 radical (unpaired) electrons. The second-order valence-electron chi connectivity index (χ2n) is 7.20. The zero-order valence-corrected chi connectivity index (χ0v) is 17.6. The maximum atomic E-state index is 12.8. The molecule has 2 N–H and O–H groups in total. The van der Waals surface area contributed by atoms with Gasteiger partial charge < -0.3 is 19.4 Å². The molecule has 8 heteroatoms. The Morgan fingerprint density at radius 2 is 2.00 bits per heavy atom. The number of carbonyl (C=O) groups is 1. The minimum Gasteiger partial charge on any atom is -0.383 e. The summed E-state index contributed by atoms with van der Waals surface area (Å²) in [5, 5.41) is 11.1. The van der Waals surface area contributed by atoms with E-state index in [1.807, 2.05) is 48.7 Å². The van der Waals surface area contributed by atoms with E-state index in [0.717, 1.165) is 28.6 Å². The van der Waals surface area contributed by atoms with Crippen LogP contribution in [0.2, 0.25) is 0 Å². The molecule has 2 aromatic carbocycles. The lowest BCUT2D eigenvalue weighted by Crippen LogP contribution is -2.14. The number of anilines is 1. The van der Waals surface area contributed by atoms with Crippen LogP contribution in [0.1, 0.15) is 11.4 Å². The van der Waals surface area contributed by atoms with Gasteiger partial charge in [0.1, 0.15) is 6.61 Å². The van der Waals surface area contributed by atoms with E-state index < -0.39 is 0 Å². The Hall–Kier alpha value is -3.49. The summed E-state index contributed by atoms with van der Waals surface area (Å²) >= 11 is 0. The van der Waals surface area contributed by atoms with Gasteiger partial charge in [0.05, 0.1) is 13.0 Å². The molecule has 0 atom stereocenters. The van der Waals surface area contributed by atoms with Crippen LogP contribution in [-0.2, 0) is 33.8 Å². The second-order valence-corrected chi connectivity index (χ2v) is 7.20. The monoisotopic (exact) mass is 419 g/mol. The molecular formula is C23H25N5O3. The SMILES string of the molecule is COCCn1cc(CC(=O)Nc2cccc(-c3n[nH]c(COC)n3)c2)c2ccccc21. The number of aromatic amines is 1. The van der Waals surface area contributed by atoms with Gasteiger partial charge in [-0.1, -0.05) is 30.3 Å². The molecule has 0 aliphatic heterocycles. The van der Waals surface area contributed by atoms with Crippen molar-refractivity contribution in [2.45, 2.75) is 19.6 Å². The van der Waals surface area contributed by atoms with Crippen molar-refractivity contribution < 1.29 is 14.3 Å². The van der Waals surface area contributed by atoms with Gasteiger partial charge in [-0.2, -0.15) is 5.10 Å². The van der Waals surface area contributed by atoms with Crippen LogP contribution in [0.4, 0.5) is 5.69 Å². The summed E-state index contributed by atoms with van der Waals surface area (Å²) in [6.07, 6.45) is 2.31. The van der Waals surface area contributed by atoms with Crippen molar-refractivity contribution in [1.82, 2.24) is 19.7 Å². The third kappa shape index (κ3) is 4.82. The van der Waals surface area contributed by atoms with E-state index in [2.05, 4.69) is 31.1 Å². The molecule has 160 valence electrons. The van der Waals surface area contributed by atoms with Crippen LogP contribution in [-0.4, -0.2) is 46.5 Å². The highest BCUT2D eigenvalue weighted by Crippen LogP contribution is 2.23. The van der Waals surface area contributed by atoms with Crippen molar-refractivity contribution in [2.75, 3.05) is 26.1 Å². The number of para-hydroxylation sites is 1. The molecule has 0 bridgehead atoms.